The first-order chi connectivity index (χ1) is 6.31. The first-order valence-corrected chi connectivity index (χ1v) is 4.09. The molecular formula is C10H11NO2. The van der Waals surface area contributed by atoms with E-state index in [2.05, 4.69) is 6.58 Å². The number of hydrogen-bond acceptors (Lipinski definition) is 3. The van der Waals surface area contributed by atoms with Crippen LogP contribution in [0.4, 0.5) is 0 Å². The Morgan fingerprint density at radius 3 is 2.92 bits per heavy atom. The first-order valence-electron chi connectivity index (χ1n) is 4.09. The summed E-state index contributed by atoms with van der Waals surface area (Å²) >= 11 is 0. The van der Waals surface area contributed by atoms with Crippen LogP contribution >= 0.6 is 0 Å². The topological polar surface area (TPSA) is 44.5 Å². The number of hydrogen-bond donors (Lipinski definition) is 1. The van der Waals surface area contributed by atoms with Gasteiger partial charge in [0.15, 0.2) is 11.5 Å². The van der Waals surface area contributed by atoms with E-state index < -0.39 is 0 Å². The average Bonchev–Trinajstić information content (AvgIpc) is 2.63. The van der Waals surface area contributed by atoms with E-state index in [1.807, 2.05) is 18.2 Å². The lowest BCUT2D eigenvalue weighted by Crippen LogP contribution is -2.05. The molecule has 0 fully saturated rings. The Hall–Kier alpha value is -1.48. The highest BCUT2D eigenvalue weighted by atomic mass is 16.7. The fourth-order valence-electron chi connectivity index (χ4n) is 1.26. The van der Waals surface area contributed by atoms with Gasteiger partial charge in [0.2, 0.25) is 6.79 Å². The largest absolute Gasteiger partial charge is 0.454 e. The normalized spacial score (nSPS) is 15.5. The quantitative estimate of drug-likeness (QED) is 0.698. The van der Waals surface area contributed by atoms with Crippen LogP contribution in [0, 0.1) is 0 Å². The molecule has 68 valence electrons. The Labute approximate surface area is 76.8 Å². The smallest absolute Gasteiger partial charge is 0.231 e. The van der Waals surface area contributed by atoms with E-state index in [-0.39, 0.29) is 6.04 Å². The standard InChI is InChI=1S/C10H11NO2/c1-2-8(11)7-3-4-9-10(5-7)13-6-12-9/h2-5,8H,1,6,11H2/t8-/m0/s1. The van der Waals surface area contributed by atoms with Crippen LogP contribution in [-0.4, -0.2) is 6.79 Å². The van der Waals surface area contributed by atoms with Crippen molar-refractivity contribution in [3.63, 3.8) is 0 Å². The molecule has 3 nitrogen and oxygen atoms in total. The SMILES string of the molecule is C=C[C@H](N)c1ccc2c(c1)OCO2. The minimum atomic E-state index is -0.144. The van der Waals surface area contributed by atoms with Gasteiger partial charge in [-0.1, -0.05) is 12.1 Å². The van der Waals surface area contributed by atoms with Crippen LogP contribution in [0.3, 0.4) is 0 Å². The molecule has 0 aromatic heterocycles. The number of rotatable bonds is 2. The minimum absolute atomic E-state index is 0.144. The van der Waals surface area contributed by atoms with Crippen molar-refractivity contribution in [2.75, 3.05) is 6.79 Å². The van der Waals surface area contributed by atoms with Gasteiger partial charge in [0.25, 0.3) is 0 Å². The van der Waals surface area contributed by atoms with E-state index in [4.69, 9.17) is 15.2 Å². The molecule has 1 heterocycles. The van der Waals surface area contributed by atoms with Crippen molar-refractivity contribution in [3.8, 4) is 11.5 Å². The summed E-state index contributed by atoms with van der Waals surface area (Å²) in [7, 11) is 0. The second kappa shape index (κ2) is 3.11. The van der Waals surface area contributed by atoms with Crippen LogP contribution in [0.25, 0.3) is 0 Å². The van der Waals surface area contributed by atoms with Crippen LogP contribution in [0.1, 0.15) is 11.6 Å². The highest BCUT2D eigenvalue weighted by Crippen LogP contribution is 2.33. The highest BCUT2D eigenvalue weighted by Gasteiger charge is 2.14. The fraction of sp³-hybridized carbons (Fsp3) is 0.200. The minimum Gasteiger partial charge on any atom is -0.454 e. The number of fused-ring (bicyclic) bond motifs is 1. The molecule has 0 saturated carbocycles. The predicted molar refractivity (Wildman–Crippen MR) is 49.7 cm³/mol. The van der Waals surface area contributed by atoms with E-state index in [1.54, 1.807) is 6.08 Å². The van der Waals surface area contributed by atoms with Gasteiger partial charge in [0, 0.05) is 6.04 Å². The lowest BCUT2D eigenvalue weighted by atomic mass is 10.1. The molecule has 0 unspecified atom stereocenters. The summed E-state index contributed by atoms with van der Waals surface area (Å²) in [5, 5.41) is 0. The van der Waals surface area contributed by atoms with Crippen molar-refractivity contribution < 1.29 is 9.47 Å². The van der Waals surface area contributed by atoms with Crippen LogP contribution in [0.5, 0.6) is 11.5 Å². The zero-order valence-electron chi connectivity index (χ0n) is 7.19. The van der Waals surface area contributed by atoms with Gasteiger partial charge in [-0.05, 0) is 17.7 Å². The van der Waals surface area contributed by atoms with Gasteiger partial charge in [-0.25, -0.2) is 0 Å². The van der Waals surface area contributed by atoms with Crippen LogP contribution in [-0.2, 0) is 0 Å². The molecule has 2 N–H and O–H groups in total. The molecule has 0 aliphatic carbocycles. The van der Waals surface area contributed by atoms with Crippen molar-refractivity contribution in [3.05, 3.63) is 36.4 Å². The lowest BCUT2D eigenvalue weighted by Gasteiger charge is -2.06. The highest BCUT2D eigenvalue weighted by molar-refractivity contribution is 5.45. The third kappa shape index (κ3) is 1.38. The number of ether oxygens (including phenoxy) is 2. The van der Waals surface area contributed by atoms with Crippen molar-refractivity contribution in [1.29, 1.82) is 0 Å². The van der Waals surface area contributed by atoms with Crippen molar-refractivity contribution >= 4 is 0 Å². The Morgan fingerprint density at radius 1 is 1.38 bits per heavy atom. The first kappa shape index (κ1) is 8.13. The molecule has 1 aliphatic heterocycles. The Kier molecular flexibility index (Phi) is 1.94. The summed E-state index contributed by atoms with van der Waals surface area (Å²) in [6, 6.07) is 5.52. The van der Waals surface area contributed by atoms with Gasteiger partial charge < -0.3 is 15.2 Å². The van der Waals surface area contributed by atoms with Crippen LogP contribution in [0.2, 0.25) is 0 Å². The number of nitrogens with two attached hydrogens (primary N) is 1. The third-order valence-corrected chi connectivity index (χ3v) is 2.04. The summed E-state index contributed by atoms with van der Waals surface area (Å²) in [6.45, 7) is 3.93. The molecule has 2 rings (SSSR count). The molecule has 0 amide bonds. The lowest BCUT2D eigenvalue weighted by molar-refractivity contribution is 0.174. The molecule has 1 aliphatic rings. The van der Waals surface area contributed by atoms with Crippen LogP contribution in [0.15, 0.2) is 30.9 Å². The van der Waals surface area contributed by atoms with Gasteiger partial charge >= 0.3 is 0 Å². The monoisotopic (exact) mass is 177 g/mol. The molecule has 13 heavy (non-hydrogen) atoms. The van der Waals surface area contributed by atoms with E-state index in [1.165, 1.54) is 0 Å². The fourth-order valence-corrected chi connectivity index (χ4v) is 1.26. The predicted octanol–water partition coefficient (Wildman–Crippen LogP) is 1.60. The zero-order chi connectivity index (χ0) is 9.26. The molecule has 1 aromatic carbocycles. The molecule has 1 aromatic rings. The molecule has 3 heteroatoms. The molecule has 0 saturated heterocycles. The molecular weight excluding hydrogens is 166 g/mol. The number of benzene rings is 1. The summed E-state index contributed by atoms with van der Waals surface area (Å²) < 4.78 is 10.4. The Morgan fingerprint density at radius 2 is 2.15 bits per heavy atom. The second-order valence-electron chi connectivity index (χ2n) is 2.87. The molecule has 0 spiro atoms. The van der Waals surface area contributed by atoms with Crippen molar-refractivity contribution in [1.82, 2.24) is 0 Å². The average molecular weight is 177 g/mol. The van der Waals surface area contributed by atoms with Gasteiger partial charge in [-0.2, -0.15) is 0 Å². The van der Waals surface area contributed by atoms with E-state index in [9.17, 15) is 0 Å². The van der Waals surface area contributed by atoms with Gasteiger partial charge in [0.05, 0.1) is 0 Å². The van der Waals surface area contributed by atoms with E-state index in [0.717, 1.165) is 17.1 Å². The summed E-state index contributed by atoms with van der Waals surface area (Å²) in [5.41, 5.74) is 6.76. The molecule has 1 atom stereocenters. The Balaban J connectivity index is 2.35. The van der Waals surface area contributed by atoms with Gasteiger partial charge in [0.1, 0.15) is 0 Å². The van der Waals surface area contributed by atoms with Crippen LogP contribution < -0.4 is 15.2 Å². The summed E-state index contributed by atoms with van der Waals surface area (Å²) in [5.74, 6) is 1.54. The van der Waals surface area contributed by atoms with Gasteiger partial charge in [-0.3, -0.25) is 0 Å². The second-order valence-corrected chi connectivity index (χ2v) is 2.87. The maximum absolute atomic E-state index is 5.77. The summed E-state index contributed by atoms with van der Waals surface area (Å²) in [6.07, 6.45) is 1.69. The Bertz CT molecular complexity index is 336. The molecule has 0 radical (unpaired) electrons. The van der Waals surface area contributed by atoms with E-state index >= 15 is 0 Å². The maximum Gasteiger partial charge on any atom is 0.231 e. The van der Waals surface area contributed by atoms with Gasteiger partial charge in [-0.15, -0.1) is 6.58 Å². The summed E-state index contributed by atoms with van der Waals surface area (Å²) in [4.78, 5) is 0. The van der Waals surface area contributed by atoms with E-state index in [0.29, 0.717) is 6.79 Å². The van der Waals surface area contributed by atoms with Crippen molar-refractivity contribution in [2.24, 2.45) is 5.73 Å². The third-order valence-electron chi connectivity index (χ3n) is 2.04. The molecule has 0 bridgehead atoms. The maximum atomic E-state index is 5.77. The zero-order valence-corrected chi connectivity index (χ0v) is 7.19. The van der Waals surface area contributed by atoms with Crippen molar-refractivity contribution in [2.45, 2.75) is 6.04 Å².